The summed E-state index contributed by atoms with van der Waals surface area (Å²) in [6, 6.07) is 0.473. The van der Waals surface area contributed by atoms with Crippen molar-refractivity contribution in [3.05, 3.63) is 11.6 Å². The van der Waals surface area contributed by atoms with Crippen molar-refractivity contribution in [1.82, 2.24) is 5.43 Å². The molecule has 1 unspecified atom stereocenters. The SMILES string of the molecule is NNC(C1=CCCCCCC1)C1CCCC1. The van der Waals surface area contributed by atoms with E-state index < -0.39 is 0 Å². The van der Waals surface area contributed by atoms with Crippen molar-refractivity contribution in [3.8, 4) is 0 Å². The Labute approximate surface area is 99.6 Å². The second kappa shape index (κ2) is 6.41. The summed E-state index contributed by atoms with van der Waals surface area (Å²) in [6.45, 7) is 0. The van der Waals surface area contributed by atoms with Gasteiger partial charge in [0.2, 0.25) is 0 Å². The van der Waals surface area contributed by atoms with E-state index in [1.807, 2.05) is 0 Å². The van der Waals surface area contributed by atoms with Crippen LogP contribution in [0.1, 0.15) is 64.2 Å². The second-order valence-corrected chi connectivity index (χ2v) is 5.42. The summed E-state index contributed by atoms with van der Waals surface area (Å²) < 4.78 is 0. The summed E-state index contributed by atoms with van der Waals surface area (Å²) in [4.78, 5) is 0. The van der Waals surface area contributed by atoms with Gasteiger partial charge in [0.1, 0.15) is 0 Å². The first-order chi connectivity index (χ1) is 7.92. The van der Waals surface area contributed by atoms with E-state index in [0.717, 1.165) is 5.92 Å². The van der Waals surface area contributed by atoms with Crippen molar-refractivity contribution >= 4 is 0 Å². The zero-order valence-corrected chi connectivity index (χ0v) is 10.4. The smallest absolute Gasteiger partial charge is 0.0447 e. The van der Waals surface area contributed by atoms with Crippen molar-refractivity contribution in [1.29, 1.82) is 0 Å². The van der Waals surface area contributed by atoms with Crippen LogP contribution in [0.25, 0.3) is 0 Å². The van der Waals surface area contributed by atoms with E-state index in [2.05, 4.69) is 11.5 Å². The minimum Gasteiger partial charge on any atom is -0.271 e. The third-order valence-electron chi connectivity index (χ3n) is 4.28. The molecule has 0 radical (unpaired) electrons. The monoisotopic (exact) mass is 222 g/mol. The molecule has 0 bridgehead atoms. The van der Waals surface area contributed by atoms with Crippen LogP contribution >= 0.6 is 0 Å². The van der Waals surface area contributed by atoms with Crippen molar-refractivity contribution in [2.24, 2.45) is 11.8 Å². The maximum atomic E-state index is 5.78. The lowest BCUT2D eigenvalue weighted by molar-refractivity contribution is 0.391. The summed E-state index contributed by atoms with van der Waals surface area (Å²) in [7, 11) is 0. The number of rotatable bonds is 3. The van der Waals surface area contributed by atoms with Crippen LogP contribution in [0.5, 0.6) is 0 Å². The van der Waals surface area contributed by atoms with Crippen molar-refractivity contribution in [3.63, 3.8) is 0 Å². The second-order valence-electron chi connectivity index (χ2n) is 5.42. The van der Waals surface area contributed by atoms with Gasteiger partial charge in [-0.05, 0) is 44.4 Å². The van der Waals surface area contributed by atoms with Gasteiger partial charge in [0, 0.05) is 6.04 Å². The van der Waals surface area contributed by atoms with Gasteiger partial charge in [0.05, 0.1) is 0 Å². The van der Waals surface area contributed by atoms with Gasteiger partial charge in [0.15, 0.2) is 0 Å². The fraction of sp³-hybridized carbons (Fsp3) is 0.857. The predicted molar refractivity (Wildman–Crippen MR) is 68.9 cm³/mol. The van der Waals surface area contributed by atoms with E-state index in [4.69, 9.17) is 5.84 Å². The molecule has 2 aliphatic carbocycles. The molecule has 0 aromatic heterocycles. The average molecular weight is 222 g/mol. The standard InChI is InChI=1S/C14H26N2/c15-16-14(13-10-6-7-11-13)12-8-4-2-1-3-5-9-12/h8,13-14,16H,1-7,9-11,15H2. The summed E-state index contributed by atoms with van der Waals surface area (Å²) in [5.41, 5.74) is 4.70. The van der Waals surface area contributed by atoms with Crippen LogP contribution in [-0.2, 0) is 0 Å². The maximum absolute atomic E-state index is 5.78. The van der Waals surface area contributed by atoms with Gasteiger partial charge >= 0.3 is 0 Å². The Morgan fingerprint density at radius 2 is 1.81 bits per heavy atom. The molecule has 92 valence electrons. The van der Waals surface area contributed by atoms with E-state index >= 15 is 0 Å². The molecule has 0 aliphatic heterocycles. The Kier molecular flexibility index (Phi) is 4.86. The molecule has 0 saturated heterocycles. The van der Waals surface area contributed by atoms with Gasteiger partial charge in [0.25, 0.3) is 0 Å². The zero-order chi connectivity index (χ0) is 11.2. The van der Waals surface area contributed by atoms with Crippen LogP contribution in [0.4, 0.5) is 0 Å². The van der Waals surface area contributed by atoms with Crippen LogP contribution in [0.15, 0.2) is 11.6 Å². The maximum Gasteiger partial charge on any atom is 0.0447 e. The predicted octanol–water partition coefficient (Wildman–Crippen LogP) is 3.29. The molecule has 2 heteroatoms. The minimum atomic E-state index is 0.473. The first-order valence-electron chi connectivity index (χ1n) is 7.07. The number of hydrazine groups is 1. The molecule has 0 aromatic carbocycles. The Hall–Kier alpha value is -0.340. The lowest BCUT2D eigenvalue weighted by Gasteiger charge is -2.26. The molecule has 2 nitrogen and oxygen atoms in total. The number of nitrogens with one attached hydrogen (secondary N) is 1. The summed E-state index contributed by atoms with van der Waals surface area (Å²) >= 11 is 0. The zero-order valence-electron chi connectivity index (χ0n) is 10.4. The van der Waals surface area contributed by atoms with E-state index in [9.17, 15) is 0 Å². The van der Waals surface area contributed by atoms with Crippen LogP contribution in [-0.4, -0.2) is 6.04 Å². The number of allylic oxidation sites excluding steroid dienone is 1. The molecule has 0 amide bonds. The van der Waals surface area contributed by atoms with Gasteiger partial charge in [-0.1, -0.05) is 37.3 Å². The molecule has 0 aromatic rings. The van der Waals surface area contributed by atoms with Crippen LogP contribution < -0.4 is 11.3 Å². The molecule has 3 N–H and O–H groups in total. The highest BCUT2D eigenvalue weighted by Crippen LogP contribution is 2.32. The largest absolute Gasteiger partial charge is 0.271 e. The summed E-state index contributed by atoms with van der Waals surface area (Å²) in [5, 5.41) is 0. The van der Waals surface area contributed by atoms with Gasteiger partial charge in [-0.25, -0.2) is 0 Å². The molecule has 0 spiro atoms. The molecule has 2 rings (SSSR count). The Bertz CT molecular complexity index is 229. The third-order valence-corrected chi connectivity index (χ3v) is 4.28. The average Bonchev–Trinajstić information content (AvgIpc) is 2.75. The molecular weight excluding hydrogens is 196 g/mol. The van der Waals surface area contributed by atoms with Gasteiger partial charge in [-0.3, -0.25) is 11.3 Å². The lowest BCUT2D eigenvalue weighted by atomic mass is 9.87. The van der Waals surface area contributed by atoms with Crippen molar-refractivity contribution in [2.45, 2.75) is 70.3 Å². The summed E-state index contributed by atoms with van der Waals surface area (Å²) in [6.07, 6.45) is 16.1. The lowest BCUT2D eigenvalue weighted by Crippen LogP contribution is -2.41. The van der Waals surface area contributed by atoms with Gasteiger partial charge in [-0.2, -0.15) is 0 Å². The molecule has 1 saturated carbocycles. The van der Waals surface area contributed by atoms with E-state index in [-0.39, 0.29) is 0 Å². The minimum absolute atomic E-state index is 0.473. The summed E-state index contributed by atoms with van der Waals surface area (Å²) in [5.74, 6) is 6.58. The normalized spacial score (nSPS) is 25.9. The molecule has 2 aliphatic rings. The molecule has 0 heterocycles. The number of hydrogen-bond acceptors (Lipinski definition) is 2. The number of hydrogen-bond donors (Lipinski definition) is 2. The van der Waals surface area contributed by atoms with Crippen LogP contribution in [0.2, 0.25) is 0 Å². The Balaban J connectivity index is 1.99. The van der Waals surface area contributed by atoms with Crippen molar-refractivity contribution < 1.29 is 0 Å². The quantitative estimate of drug-likeness (QED) is 0.437. The highest BCUT2D eigenvalue weighted by Gasteiger charge is 2.26. The van der Waals surface area contributed by atoms with Crippen LogP contribution in [0.3, 0.4) is 0 Å². The fourth-order valence-electron chi connectivity index (χ4n) is 3.34. The molecule has 1 atom stereocenters. The molecule has 16 heavy (non-hydrogen) atoms. The number of nitrogens with two attached hydrogens (primary N) is 1. The highest BCUT2D eigenvalue weighted by atomic mass is 15.2. The highest BCUT2D eigenvalue weighted by molar-refractivity contribution is 5.13. The van der Waals surface area contributed by atoms with Crippen molar-refractivity contribution in [2.75, 3.05) is 0 Å². The first kappa shape index (κ1) is 12.1. The Morgan fingerprint density at radius 1 is 1.06 bits per heavy atom. The first-order valence-corrected chi connectivity index (χ1v) is 7.07. The fourth-order valence-corrected chi connectivity index (χ4v) is 3.34. The molecule has 1 fully saturated rings. The Morgan fingerprint density at radius 3 is 2.56 bits per heavy atom. The van der Waals surface area contributed by atoms with Gasteiger partial charge < -0.3 is 0 Å². The van der Waals surface area contributed by atoms with Crippen LogP contribution in [0, 0.1) is 5.92 Å². The third kappa shape index (κ3) is 3.08. The van der Waals surface area contributed by atoms with E-state index in [1.165, 1.54) is 64.2 Å². The van der Waals surface area contributed by atoms with Gasteiger partial charge in [-0.15, -0.1) is 0 Å². The van der Waals surface area contributed by atoms with E-state index in [0.29, 0.717) is 6.04 Å². The van der Waals surface area contributed by atoms with E-state index in [1.54, 1.807) is 5.57 Å². The topological polar surface area (TPSA) is 38.0 Å². The molecular formula is C14H26N2.